The second-order valence-electron chi connectivity index (χ2n) is 5.03. The summed E-state index contributed by atoms with van der Waals surface area (Å²) in [6, 6.07) is 10.0. The summed E-state index contributed by atoms with van der Waals surface area (Å²) in [5, 5.41) is 18.9. The maximum Gasteiger partial charge on any atom is 0.349 e. The number of carbonyl (C=O) groups excluding carboxylic acids is 2. The highest BCUT2D eigenvalue weighted by Gasteiger charge is 2.12. The summed E-state index contributed by atoms with van der Waals surface area (Å²) in [6.07, 6.45) is 0. The van der Waals surface area contributed by atoms with E-state index < -0.39 is 30.0 Å². The lowest BCUT2D eigenvalue weighted by molar-refractivity contribution is -0.136. The molecule has 0 aliphatic rings. The van der Waals surface area contributed by atoms with Crippen LogP contribution in [0, 0.1) is 0 Å². The zero-order chi connectivity index (χ0) is 18.4. The summed E-state index contributed by atoms with van der Waals surface area (Å²) in [5.41, 5.74) is 0.276. The Bertz CT molecular complexity index is 794. The van der Waals surface area contributed by atoms with Crippen molar-refractivity contribution in [2.45, 2.75) is 6.92 Å². The van der Waals surface area contributed by atoms with E-state index in [1.165, 1.54) is 49.4 Å². The van der Waals surface area contributed by atoms with Gasteiger partial charge >= 0.3 is 11.9 Å². The Morgan fingerprint density at radius 2 is 1.64 bits per heavy atom. The Labute approximate surface area is 143 Å². The van der Waals surface area contributed by atoms with Crippen LogP contribution in [0.2, 0.25) is 0 Å². The first-order chi connectivity index (χ1) is 11.9. The molecule has 0 aliphatic heterocycles. The van der Waals surface area contributed by atoms with Gasteiger partial charge in [-0.3, -0.25) is 0 Å². The fourth-order valence-corrected chi connectivity index (χ4v) is 1.69. The van der Waals surface area contributed by atoms with E-state index in [4.69, 9.17) is 14.2 Å². The van der Waals surface area contributed by atoms with Crippen LogP contribution in [0.5, 0.6) is 28.7 Å². The summed E-state index contributed by atoms with van der Waals surface area (Å²) in [6.45, 7) is 4.60. The van der Waals surface area contributed by atoms with Crippen molar-refractivity contribution in [3.63, 3.8) is 0 Å². The van der Waals surface area contributed by atoms with Crippen LogP contribution in [0.15, 0.2) is 54.6 Å². The molecule has 0 saturated carbocycles. The highest BCUT2D eigenvalue weighted by molar-refractivity contribution is 5.88. The number of hydrogen-bond acceptors (Lipinski definition) is 7. The van der Waals surface area contributed by atoms with Crippen LogP contribution in [0.3, 0.4) is 0 Å². The SMILES string of the molecule is C=C(C)C(=O)Oc1ccc(OCC(=O)Oc2cccc(O)c2O)cc1. The molecule has 0 atom stereocenters. The molecule has 7 heteroatoms. The van der Waals surface area contributed by atoms with E-state index in [9.17, 15) is 19.8 Å². The van der Waals surface area contributed by atoms with Gasteiger partial charge in [0.15, 0.2) is 18.1 Å². The Morgan fingerprint density at radius 1 is 1.00 bits per heavy atom. The Hall–Kier alpha value is -3.48. The molecular weight excluding hydrogens is 328 g/mol. The number of rotatable bonds is 6. The molecule has 25 heavy (non-hydrogen) atoms. The predicted octanol–water partition coefficient (Wildman–Crippen LogP) is 2.56. The van der Waals surface area contributed by atoms with Crippen molar-refractivity contribution >= 4 is 11.9 Å². The fourth-order valence-electron chi connectivity index (χ4n) is 1.69. The second kappa shape index (κ2) is 7.87. The van der Waals surface area contributed by atoms with Crippen molar-refractivity contribution < 1.29 is 34.0 Å². The normalized spacial score (nSPS) is 9.96. The van der Waals surface area contributed by atoms with E-state index >= 15 is 0 Å². The molecule has 2 aromatic rings. The second-order valence-corrected chi connectivity index (χ2v) is 5.03. The van der Waals surface area contributed by atoms with Gasteiger partial charge in [0.25, 0.3) is 0 Å². The molecule has 0 bridgehead atoms. The van der Waals surface area contributed by atoms with E-state index in [0.29, 0.717) is 11.5 Å². The summed E-state index contributed by atoms with van der Waals surface area (Å²) in [7, 11) is 0. The number of carbonyl (C=O) groups is 2. The molecule has 130 valence electrons. The lowest BCUT2D eigenvalue weighted by atomic mass is 10.3. The highest BCUT2D eigenvalue weighted by atomic mass is 16.6. The molecule has 0 aliphatic carbocycles. The molecule has 0 heterocycles. The van der Waals surface area contributed by atoms with Gasteiger partial charge in [0.2, 0.25) is 5.75 Å². The average Bonchev–Trinajstić information content (AvgIpc) is 2.58. The molecular formula is C18H16O7. The Kier molecular flexibility index (Phi) is 5.62. The first-order valence-corrected chi connectivity index (χ1v) is 7.19. The predicted molar refractivity (Wildman–Crippen MR) is 87.8 cm³/mol. The van der Waals surface area contributed by atoms with Gasteiger partial charge in [-0.25, -0.2) is 9.59 Å². The summed E-state index contributed by atoms with van der Waals surface area (Å²) >= 11 is 0. The molecule has 0 unspecified atom stereocenters. The topological polar surface area (TPSA) is 102 Å². The lowest BCUT2D eigenvalue weighted by Gasteiger charge is -2.09. The Morgan fingerprint density at radius 3 is 2.28 bits per heavy atom. The van der Waals surface area contributed by atoms with E-state index in [2.05, 4.69) is 6.58 Å². The molecule has 0 fully saturated rings. The molecule has 0 aromatic heterocycles. The van der Waals surface area contributed by atoms with E-state index in [0.717, 1.165) is 0 Å². The average molecular weight is 344 g/mol. The van der Waals surface area contributed by atoms with Gasteiger partial charge in [0.05, 0.1) is 0 Å². The largest absolute Gasteiger partial charge is 0.504 e. The van der Waals surface area contributed by atoms with Crippen molar-refractivity contribution in [3.8, 4) is 28.7 Å². The first-order valence-electron chi connectivity index (χ1n) is 7.19. The maximum absolute atomic E-state index is 11.7. The smallest absolute Gasteiger partial charge is 0.349 e. The highest BCUT2D eigenvalue weighted by Crippen LogP contribution is 2.34. The van der Waals surface area contributed by atoms with Gasteiger partial charge in [-0.1, -0.05) is 12.6 Å². The standard InChI is InChI=1S/C18H16O7/c1-11(2)18(22)24-13-8-6-12(7-9-13)23-10-16(20)25-15-5-3-4-14(19)17(15)21/h3-9,19,21H,1,10H2,2H3. The molecule has 0 radical (unpaired) electrons. The molecule has 0 spiro atoms. The van der Waals surface area contributed by atoms with Crippen LogP contribution >= 0.6 is 0 Å². The third-order valence-corrected chi connectivity index (χ3v) is 2.94. The van der Waals surface area contributed by atoms with Crippen molar-refractivity contribution in [3.05, 3.63) is 54.6 Å². The van der Waals surface area contributed by atoms with Crippen LogP contribution < -0.4 is 14.2 Å². The van der Waals surface area contributed by atoms with Crippen molar-refractivity contribution in [2.75, 3.05) is 6.61 Å². The van der Waals surface area contributed by atoms with Crippen LogP contribution in [0.4, 0.5) is 0 Å². The zero-order valence-corrected chi connectivity index (χ0v) is 13.4. The minimum absolute atomic E-state index is 0.171. The van der Waals surface area contributed by atoms with Gasteiger partial charge < -0.3 is 24.4 Å². The zero-order valence-electron chi connectivity index (χ0n) is 13.4. The minimum Gasteiger partial charge on any atom is -0.504 e. The first kappa shape index (κ1) is 17.9. The number of benzene rings is 2. The van der Waals surface area contributed by atoms with Gasteiger partial charge in [0, 0.05) is 5.57 Å². The molecule has 2 rings (SSSR count). The van der Waals surface area contributed by atoms with Crippen molar-refractivity contribution in [1.29, 1.82) is 0 Å². The summed E-state index contributed by atoms with van der Waals surface area (Å²) < 4.78 is 15.2. The van der Waals surface area contributed by atoms with Crippen LogP contribution in [-0.2, 0) is 9.59 Å². The number of para-hydroxylation sites is 1. The number of phenolic OH excluding ortho intramolecular Hbond substituents is 2. The minimum atomic E-state index is -0.765. The maximum atomic E-state index is 11.7. The van der Waals surface area contributed by atoms with Gasteiger partial charge in [0.1, 0.15) is 11.5 Å². The number of hydrogen-bond donors (Lipinski definition) is 2. The van der Waals surface area contributed by atoms with Crippen LogP contribution in [0.1, 0.15) is 6.92 Å². The molecule has 2 aromatic carbocycles. The summed E-state index contributed by atoms with van der Waals surface area (Å²) in [5.74, 6) is -1.73. The van der Waals surface area contributed by atoms with Crippen LogP contribution in [-0.4, -0.2) is 28.8 Å². The van der Waals surface area contributed by atoms with Crippen molar-refractivity contribution in [2.24, 2.45) is 0 Å². The quantitative estimate of drug-likeness (QED) is 0.359. The summed E-state index contributed by atoms with van der Waals surface area (Å²) in [4.78, 5) is 23.1. The molecule has 0 saturated heterocycles. The third kappa shape index (κ3) is 5.00. The third-order valence-electron chi connectivity index (χ3n) is 2.94. The lowest BCUT2D eigenvalue weighted by Crippen LogP contribution is -2.17. The molecule has 7 nitrogen and oxygen atoms in total. The van der Waals surface area contributed by atoms with Crippen LogP contribution in [0.25, 0.3) is 0 Å². The van der Waals surface area contributed by atoms with E-state index in [1.807, 2.05) is 0 Å². The Balaban J connectivity index is 1.88. The number of phenols is 2. The number of aromatic hydroxyl groups is 2. The van der Waals surface area contributed by atoms with E-state index in [1.54, 1.807) is 0 Å². The van der Waals surface area contributed by atoms with Gasteiger partial charge in [-0.2, -0.15) is 0 Å². The fraction of sp³-hybridized carbons (Fsp3) is 0.111. The van der Waals surface area contributed by atoms with Gasteiger partial charge in [-0.15, -0.1) is 0 Å². The molecule has 2 N–H and O–H groups in total. The van der Waals surface area contributed by atoms with Crippen molar-refractivity contribution in [1.82, 2.24) is 0 Å². The monoisotopic (exact) mass is 344 g/mol. The molecule has 0 amide bonds. The number of esters is 2. The van der Waals surface area contributed by atoms with Gasteiger partial charge in [-0.05, 0) is 43.3 Å². The van der Waals surface area contributed by atoms with E-state index in [-0.39, 0.29) is 11.3 Å². The number of ether oxygens (including phenoxy) is 3.